The van der Waals surface area contributed by atoms with E-state index in [2.05, 4.69) is 18.7 Å². The van der Waals surface area contributed by atoms with Crippen LogP contribution in [-0.4, -0.2) is 16.6 Å². The first-order valence-electron chi connectivity index (χ1n) is 6.59. The highest BCUT2D eigenvalue weighted by molar-refractivity contribution is 5.69. The first-order chi connectivity index (χ1) is 8.90. The molecule has 1 amide bonds. The van der Waals surface area contributed by atoms with Crippen LogP contribution in [0.15, 0.2) is 30.9 Å². The van der Waals surface area contributed by atoms with E-state index in [4.69, 9.17) is 4.74 Å². The molecular formula is C16H21NO2. The maximum absolute atomic E-state index is 12.1. The second kappa shape index (κ2) is 5.08. The van der Waals surface area contributed by atoms with Gasteiger partial charge in [0.1, 0.15) is 5.60 Å². The molecule has 0 aliphatic carbocycles. The molecule has 1 aromatic rings. The van der Waals surface area contributed by atoms with Crippen LogP contribution in [0, 0.1) is 0 Å². The Labute approximate surface area is 114 Å². The van der Waals surface area contributed by atoms with E-state index in [0.717, 1.165) is 6.42 Å². The van der Waals surface area contributed by atoms with Crippen LogP contribution in [0.1, 0.15) is 37.5 Å². The van der Waals surface area contributed by atoms with Crippen LogP contribution in [0.2, 0.25) is 0 Å². The molecule has 1 aromatic carbocycles. The number of nitrogens with zero attached hydrogens (tertiary/aromatic N) is 1. The Kier molecular flexibility index (Phi) is 3.65. The van der Waals surface area contributed by atoms with Crippen LogP contribution >= 0.6 is 0 Å². The van der Waals surface area contributed by atoms with E-state index in [1.165, 1.54) is 16.7 Å². The Bertz CT molecular complexity index is 500. The molecule has 102 valence electrons. The molecule has 2 rings (SSSR count). The molecule has 0 N–H and O–H groups in total. The summed E-state index contributed by atoms with van der Waals surface area (Å²) in [7, 11) is 0. The monoisotopic (exact) mass is 259 g/mol. The smallest absolute Gasteiger partial charge is 0.410 e. The molecular weight excluding hydrogens is 238 g/mol. The van der Waals surface area contributed by atoms with Crippen LogP contribution in [0.5, 0.6) is 0 Å². The lowest BCUT2D eigenvalue weighted by molar-refractivity contribution is 0.0241. The van der Waals surface area contributed by atoms with Crippen molar-refractivity contribution in [2.24, 2.45) is 0 Å². The van der Waals surface area contributed by atoms with Crippen molar-refractivity contribution >= 4 is 6.09 Å². The lowest BCUT2D eigenvalue weighted by Gasteiger charge is -2.24. The molecule has 1 aliphatic heterocycles. The lowest BCUT2D eigenvalue weighted by Crippen LogP contribution is -2.33. The van der Waals surface area contributed by atoms with E-state index in [9.17, 15) is 4.79 Å². The molecule has 0 bridgehead atoms. The van der Waals surface area contributed by atoms with Crippen molar-refractivity contribution in [3.63, 3.8) is 0 Å². The van der Waals surface area contributed by atoms with Crippen molar-refractivity contribution in [1.82, 2.24) is 4.90 Å². The molecule has 0 aromatic heterocycles. The van der Waals surface area contributed by atoms with E-state index in [0.29, 0.717) is 13.1 Å². The Morgan fingerprint density at radius 1 is 1.42 bits per heavy atom. The molecule has 19 heavy (non-hydrogen) atoms. The van der Waals surface area contributed by atoms with Gasteiger partial charge >= 0.3 is 6.09 Å². The minimum atomic E-state index is -0.449. The molecule has 3 heteroatoms. The SMILES string of the molecule is C=CCc1cccc2c1CN(C(=O)OC(C)(C)C)C2. The molecule has 0 unspecified atom stereocenters. The van der Waals surface area contributed by atoms with E-state index in [-0.39, 0.29) is 6.09 Å². The maximum Gasteiger partial charge on any atom is 0.410 e. The van der Waals surface area contributed by atoms with Crippen molar-refractivity contribution in [1.29, 1.82) is 0 Å². The predicted octanol–water partition coefficient (Wildman–Crippen LogP) is 3.67. The van der Waals surface area contributed by atoms with Gasteiger partial charge in [0.15, 0.2) is 0 Å². The van der Waals surface area contributed by atoms with Crippen molar-refractivity contribution in [2.75, 3.05) is 0 Å². The average molecular weight is 259 g/mol. The van der Waals surface area contributed by atoms with Crippen molar-refractivity contribution in [2.45, 2.75) is 45.9 Å². The van der Waals surface area contributed by atoms with Gasteiger partial charge < -0.3 is 4.74 Å². The summed E-state index contributed by atoms with van der Waals surface area (Å²) in [5.41, 5.74) is 3.26. The Balaban J connectivity index is 2.14. The first-order valence-corrected chi connectivity index (χ1v) is 6.59. The van der Waals surface area contributed by atoms with E-state index in [1.54, 1.807) is 4.90 Å². The zero-order valence-corrected chi connectivity index (χ0v) is 11.9. The fraction of sp³-hybridized carbons (Fsp3) is 0.438. The lowest BCUT2D eigenvalue weighted by atomic mass is 10.0. The third-order valence-corrected chi connectivity index (χ3v) is 3.10. The van der Waals surface area contributed by atoms with Crippen LogP contribution in [0.25, 0.3) is 0 Å². The molecule has 0 saturated carbocycles. The molecule has 3 nitrogen and oxygen atoms in total. The van der Waals surface area contributed by atoms with Crippen LogP contribution < -0.4 is 0 Å². The van der Waals surface area contributed by atoms with Gasteiger partial charge in [0.25, 0.3) is 0 Å². The standard InChI is InChI=1S/C16H21NO2/c1-5-7-12-8-6-9-13-10-17(11-14(12)13)15(18)19-16(2,3)4/h5-6,8-9H,1,7,10-11H2,2-4H3. The molecule has 1 heterocycles. The molecule has 0 radical (unpaired) electrons. The minimum Gasteiger partial charge on any atom is -0.444 e. The quantitative estimate of drug-likeness (QED) is 0.758. The zero-order chi connectivity index (χ0) is 14.0. The minimum absolute atomic E-state index is 0.242. The van der Waals surface area contributed by atoms with E-state index in [1.807, 2.05) is 32.9 Å². The molecule has 0 spiro atoms. The maximum atomic E-state index is 12.1. The summed E-state index contributed by atoms with van der Waals surface area (Å²) in [5, 5.41) is 0. The molecule has 1 aliphatic rings. The third-order valence-electron chi connectivity index (χ3n) is 3.10. The van der Waals surface area contributed by atoms with Gasteiger partial charge in [0, 0.05) is 13.1 Å². The number of allylic oxidation sites excluding steroid dienone is 1. The zero-order valence-electron chi connectivity index (χ0n) is 11.9. The summed E-state index contributed by atoms with van der Waals surface area (Å²) < 4.78 is 5.42. The number of hydrogen-bond donors (Lipinski definition) is 0. The predicted molar refractivity (Wildman–Crippen MR) is 75.8 cm³/mol. The van der Waals surface area contributed by atoms with Crippen molar-refractivity contribution < 1.29 is 9.53 Å². The Morgan fingerprint density at radius 3 is 2.79 bits per heavy atom. The summed E-state index contributed by atoms with van der Waals surface area (Å²) in [6.45, 7) is 10.7. The molecule has 0 atom stereocenters. The van der Waals surface area contributed by atoms with Gasteiger partial charge in [-0.1, -0.05) is 24.3 Å². The van der Waals surface area contributed by atoms with Gasteiger partial charge in [-0.15, -0.1) is 6.58 Å². The third kappa shape index (κ3) is 3.16. The Morgan fingerprint density at radius 2 is 2.16 bits per heavy atom. The summed E-state index contributed by atoms with van der Waals surface area (Å²) in [6, 6.07) is 6.21. The van der Waals surface area contributed by atoms with Gasteiger partial charge in [-0.3, -0.25) is 4.90 Å². The van der Waals surface area contributed by atoms with E-state index < -0.39 is 5.60 Å². The second-order valence-corrected chi connectivity index (χ2v) is 5.88. The first kappa shape index (κ1) is 13.7. The fourth-order valence-corrected chi connectivity index (χ4v) is 2.29. The molecule has 0 saturated heterocycles. The van der Waals surface area contributed by atoms with E-state index >= 15 is 0 Å². The highest BCUT2D eigenvalue weighted by Gasteiger charge is 2.28. The van der Waals surface area contributed by atoms with Crippen molar-refractivity contribution in [3.8, 4) is 0 Å². The normalized spacial score (nSPS) is 14.2. The van der Waals surface area contributed by atoms with Gasteiger partial charge in [0.05, 0.1) is 0 Å². The number of carbonyl (C=O) groups is 1. The number of hydrogen-bond acceptors (Lipinski definition) is 2. The fourth-order valence-electron chi connectivity index (χ4n) is 2.29. The van der Waals surface area contributed by atoms with Gasteiger partial charge in [0.2, 0.25) is 0 Å². The number of benzene rings is 1. The average Bonchev–Trinajstić information content (AvgIpc) is 2.72. The van der Waals surface area contributed by atoms with Crippen LogP contribution in [0.4, 0.5) is 4.79 Å². The highest BCUT2D eigenvalue weighted by atomic mass is 16.6. The number of ether oxygens (including phenoxy) is 1. The topological polar surface area (TPSA) is 29.5 Å². The summed E-state index contributed by atoms with van der Waals surface area (Å²) in [6.07, 6.45) is 2.49. The van der Waals surface area contributed by atoms with Crippen molar-refractivity contribution in [3.05, 3.63) is 47.5 Å². The van der Waals surface area contributed by atoms with Crippen LogP contribution in [-0.2, 0) is 24.2 Å². The largest absolute Gasteiger partial charge is 0.444 e. The summed E-state index contributed by atoms with van der Waals surface area (Å²) in [5.74, 6) is 0. The van der Waals surface area contributed by atoms with Gasteiger partial charge in [-0.25, -0.2) is 4.79 Å². The second-order valence-electron chi connectivity index (χ2n) is 5.88. The number of rotatable bonds is 2. The van der Waals surface area contributed by atoms with Gasteiger partial charge in [-0.2, -0.15) is 0 Å². The number of amides is 1. The number of fused-ring (bicyclic) bond motifs is 1. The number of carbonyl (C=O) groups excluding carboxylic acids is 1. The Hall–Kier alpha value is -1.77. The highest BCUT2D eigenvalue weighted by Crippen LogP contribution is 2.27. The summed E-state index contributed by atoms with van der Waals surface area (Å²) in [4.78, 5) is 13.8. The van der Waals surface area contributed by atoms with Crippen LogP contribution in [0.3, 0.4) is 0 Å². The van der Waals surface area contributed by atoms with Gasteiger partial charge in [-0.05, 0) is 43.9 Å². The molecule has 0 fully saturated rings. The summed E-state index contributed by atoms with van der Waals surface area (Å²) >= 11 is 0.